The lowest BCUT2D eigenvalue weighted by atomic mass is 10.0. The van der Waals surface area contributed by atoms with Crippen LogP contribution in [-0.4, -0.2) is 22.7 Å². The molecule has 2 N–H and O–H groups in total. The molecule has 150 valence electrons. The zero-order chi connectivity index (χ0) is 21.5. The molecule has 0 radical (unpaired) electrons. The summed E-state index contributed by atoms with van der Waals surface area (Å²) in [5.74, 6) is -1.44. The number of aromatic nitrogens is 1. The molecule has 0 atom stereocenters. The maximum atomic E-state index is 13.3. The van der Waals surface area contributed by atoms with Gasteiger partial charge in [-0.1, -0.05) is 54.1 Å². The van der Waals surface area contributed by atoms with Gasteiger partial charge in [-0.2, -0.15) is 0 Å². The van der Waals surface area contributed by atoms with Crippen LogP contribution < -0.4 is 10.6 Å². The Morgan fingerprint density at radius 2 is 1.61 bits per heavy atom. The lowest BCUT2D eigenvalue weighted by Gasteiger charge is -2.12. The minimum Gasteiger partial charge on any atom is -0.321 e. The molecule has 1 aliphatic rings. The van der Waals surface area contributed by atoms with Crippen LogP contribution >= 0.6 is 11.6 Å². The van der Waals surface area contributed by atoms with Crippen LogP contribution in [-0.2, 0) is 0 Å². The predicted molar refractivity (Wildman–Crippen MR) is 118 cm³/mol. The third-order valence-corrected chi connectivity index (χ3v) is 5.45. The first-order valence-electron chi connectivity index (χ1n) is 9.47. The first kappa shape index (κ1) is 19.0. The highest BCUT2D eigenvalue weighted by Gasteiger charge is 2.30. The number of para-hydroxylation sites is 1. The van der Waals surface area contributed by atoms with Gasteiger partial charge >= 0.3 is 0 Å². The van der Waals surface area contributed by atoms with Crippen molar-refractivity contribution in [3.63, 3.8) is 0 Å². The van der Waals surface area contributed by atoms with E-state index in [0.29, 0.717) is 32.7 Å². The van der Waals surface area contributed by atoms with Gasteiger partial charge in [0.15, 0.2) is 0 Å². The molecule has 0 fully saturated rings. The van der Waals surface area contributed by atoms with E-state index < -0.39 is 17.7 Å². The van der Waals surface area contributed by atoms with Gasteiger partial charge in [-0.25, -0.2) is 4.98 Å². The summed E-state index contributed by atoms with van der Waals surface area (Å²) in [7, 11) is 0. The molecule has 31 heavy (non-hydrogen) atoms. The van der Waals surface area contributed by atoms with Gasteiger partial charge in [0.2, 0.25) is 0 Å². The first-order valence-corrected chi connectivity index (χ1v) is 9.85. The Morgan fingerprint density at radius 1 is 0.871 bits per heavy atom. The summed E-state index contributed by atoms with van der Waals surface area (Å²) in [5.41, 5.74) is 2.94. The molecule has 0 bridgehead atoms. The summed E-state index contributed by atoms with van der Waals surface area (Å²) in [4.78, 5) is 42.1. The number of anilines is 1. The van der Waals surface area contributed by atoms with Gasteiger partial charge in [0.1, 0.15) is 0 Å². The van der Waals surface area contributed by atoms with Gasteiger partial charge in [-0.05, 0) is 30.3 Å². The molecule has 3 aromatic carbocycles. The van der Waals surface area contributed by atoms with Gasteiger partial charge in [0.25, 0.3) is 17.7 Å². The number of rotatable bonds is 3. The van der Waals surface area contributed by atoms with Crippen molar-refractivity contribution < 1.29 is 14.4 Å². The Hall–Kier alpha value is -4.03. The van der Waals surface area contributed by atoms with Crippen LogP contribution in [0.2, 0.25) is 5.02 Å². The molecule has 0 spiro atoms. The number of nitrogens with one attached hydrogen (secondary N) is 2. The second-order valence-electron chi connectivity index (χ2n) is 7.02. The van der Waals surface area contributed by atoms with Crippen LogP contribution in [0.1, 0.15) is 31.1 Å². The van der Waals surface area contributed by atoms with E-state index in [0.717, 1.165) is 0 Å². The summed E-state index contributed by atoms with van der Waals surface area (Å²) in [5, 5.41) is 6.21. The quantitative estimate of drug-likeness (QED) is 0.464. The molecule has 4 aromatic rings. The van der Waals surface area contributed by atoms with Gasteiger partial charge in [-0.15, -0.1) is 0 Å². The Labute approximate surface area is 181 Å². The molecule has 1 aliphatic heterocycles. The van der Waals surface area contributed by atoms with Gasteiger partial charge in [0, 0.05) is 16.0 Å². The zero-order valence-electron chi connectivity index (χ0n) is 16.0. The number of halogens is 1. The van der Waals surface area contributed by atoms with Crippen LogP contribution in [0.4, 0.5) is 5.69 Å². The summed E-state index contributed by atoms with van der Waals surface area (Å²) < 4.78 is 0. The van der Waals surface area contributed by atoms with E-state index in [1.165, 1.54) is 0 Å². The second-order valence-corrected chi connectivity index (χ2v) is 7.42. The molecular formula is C24H14ClN3O3. The molecule has 7 heteroatoms. The number of pyridine rings is 1. The lowest BCUT2D eigenvalue weighted by molar-refractivity contribution is 0.0879. The Balaban J connectivity index is 1.63. The molecule has 3 amide bonds. The summed E-state index contributed by atoms with van der Waals surface area (Å²) >= 11 is 6.35. The normalized spacial score (nSPS) is 12.5. The van der Waals surface area contributed by atoms with Crippen molar-refractivity contribution in [1.82, 2.24) is 10.3 Å². The van der Waals surface area contributed by atoms with E-state index in [1.54, 1.807) is 36.4 Å². The maximum absolute atomic E-state index is 13.3. The van der Waals surface area contributed by atoms with Crippen LogP contribution in [0, 0.1) is 0 Å². The minimum absolute atomic E-state index is 0.158. The van der Waals surface area contributed by atoms with E-state index in [2.05, 4.69) is 15.6 Å². The van der Waals surface area contributed by atoms with Crippen LogP contribution in [0.25, 0.3) is 22.2 Å². The first-order chi connectivity index (χ1) is 15.0. The fraction of sp³-hybridized carbons (Fsp3) is 0. The molecule has 6 nitrogen and oxygen atoms in total. The lowest BCUT2D eigenvalue weighted by Crippen LogP contribution is -2.21. The van der Waals surface area contributed by atoms with E-state index in [-0.39, 0.29) is 16.8 Å². The highest BCUT2D eigenvalue weighted by molar-refractivity contribution is 6.33. The largest absolute Gasteiger partial charge is 0.321 e. The van der Waals surface area contributed by atoms with Crippen molar-refractivity contribution in [3.05, 3.63) is 94.5 Å². The number of carbonyl (C=O) groups is 3. The number of hydrogen-bond donors (Lipinski definition) is 2. The zero-order valence-corrected chi connectivity index (χ0v) is 16.7. The minimum atomic E-state index is -0.535. The highest BCUT2D eigenvalue weighted by Crippen LogP contribution is 2.31. The van der Waals surface area contributed by atoms with Crippen LogP contribution in [0.15, 0.2) is 72.8 Å². The van der Waals surface area contributed by atoms with Crippen molar-refractivity contribution in [3.8, 4) is 11.3 Å². The van der Waals surface area contributed by atoms with E-state index in [1.807, 2.05) is 36.4 Å². The SMILES string of the molecule is O=C1NC(=O)c2c(NC(=O)c3cc(-c4ccccc4Cl)nc4ccccc34)cccc21. The average molecular weight is 428 g/mol. The molecule has 0 saturated carbocycles. The fourth-order valence-corrected chi connectivity index (χ4v) is 3.92. The average Bonchev–Trinajstić information content (AvgIpc) is 3.07. The van der Waals surface area contributed by atoms with Gasteiger partial charge < -0.3 is 5.32 Å². The number of amides is 3. The third-order valence-electron chi connectivity index (χ3n) is 5.12. The second kappa shape index (κ2) is 7.34. The monoisotopic (exact) mass is 427 g/mol. The van der Waals surface area contributed by atoms with Gasteiger partial charge in [0.05, 0.1) is 33.6 Å². The number of imide groups is 1. The summed E-state index contributed by atoms with van der Waals surface area (Å²) in [6, 6.07) is 21.0. The number of hydrogen-bond acceptors (Lipinski definition) is 4. The van der Waals surface area contributed by atoms with Crippen molar-refractivity contribution in [2.75, 3.05) is 5.32 Å². The van der Waals surface area contributed by atoms with Crippen LogP contribution in [0.3, 0.4) is 0 Å². The molecule has 1 aromatic heterocycles. The Kier molecular flexibility index (Phi) is 4.49. The fourth-order valence-electron chi connectivity index (χ4n) is 3.68. The van der Waals surface area contributed by atoms with Gasteiger partial charge in [-0.3, -0.25) is 19.7 Å². The summed E-state index contributed by atoms with van der Waals surface area (Å²) in [6.07, 6.45) is 0. The Bertz CT molecular complexity index is 1410. The number of nitrogens with zero attached hydrogens (tertiary/aromatic N) is 1. The summed E-state index contributed by atoms with van der Waals surface area (Å²) in [6.45, 7) is 0. The van der Waals surface area contributed by atoms with E-state index in [4.69, 9.17) is 11.6 Å². The third kappa shape index (κ3) is 3.23. The predicted octanol–water partition coefficient (Wildman–Crippen LogP) is 4.69. The van der Waals surface area contributed by atoms with Crippen molar-refractivity contribution in [2.45, 2.75) is 0 Å². The molecule has 2 heterocycles. The number of carbonyl (C=O) groups excluding carboxylic acids is 3. The molecular weight excluding hydrogens is 414 g/mol. The smallest absolute Gasteiger partial charge is 0.261 e. The molecule has 0 unspecified atom stereocenters. The maximum Gasteiger partial charge on any atom is 0.261 e. The number of fused-ring (bicyclic) bond motifs is 2. The molecule has 0 saturated heterocycles. The van der Waals surface area contributed by atoms with Crippen LogP contribution in [0.5, 0.6) is 0 Å². The van der Waals surface area contributed by atoms with Crippen molar-refractivity contribution >= 4 is 45.9 Å². The van der Waals surface area contributed by atoms with E-state index in [9.17, 15) is 14.4 Å². The standard InChI is InChI=1S/C24H14ClN3O3/c25-17-9-3-1-7-14(17)20-12-16(13-6-2-4-10-18(13)26-20)23(30)27-19-11-5-8-15-21(19)24(31)28-22(15)29/h1-12H,(H,27,30)(H,28,29,31). The van der Waals surface area contributed by atoms with Crippen molar-refractivity contribution in [2.24, 2.45) is 0 Å². The highest BCUT2D eigenvalue weighted by atomic mass is 35.5. The molecule has 5 rings (SSSR count). The Morgan fingerprint density at radius 3 is 2.45 bits per heavy atom. The van der Waals surface area contributed by atoms with E-state index >= 15 is 0 Å². The van der Waals surface area contributed by atoms with Crippen molar-refractivity contribution in [1.29, 1.82) is 0 Å². The molecule has 0 aliphatic carbocycles. The number of benzene rings is 3. The topological polar surface area (TPSA) is 88.2 Å².